The lowest BCUT2D eigenvalue weighted by Gasteiger charge is -2.41. The molecule has 146 valence electrons. The van der Waals surface area contributed by atoms with Crippen LogP contribution < -0.4 is 10.1 Å². The maximum absolute atomic E-state index is 13.9. The highest BCUT2D eigenvalue weighted by Gasteiger charge is 2.33. The quantitative estimate of drug-likeness (QED) is 0.648. The van der Waals surface area contributed by atoms with E-state index in [2.05, 4.69) is 55.1 Å². The molecule has 0 spiro atoms. The number of methoxy groups -OCH3 is 1. The fraction of sp³-hybridized carbons (Fsp3) is 0.348. The number of nitrogens with zero attached hydrogens (tertiary/aromatic N) is 1. The van der Waals surface area contributed by atoms with Gasteiger partial charge < -0.3 is 15.0 Å². The Labute approximate surface area is 164 Å². The van der Waals surface area contributed by atoms with Gasteiger partial charge in [0.25, 0.3) is 0 Å². The number of benzene rings is 1. The van der Waals surface area contributed by atoms with E-state index in [1.807, 2.05) is 6.07 Å². The van der Waals surface area contributed by atoms with Gasteiger partial charge in [0.2, 0.25) is 0 Å². The predicted octanol–water partition coefficient (Wildman–Crippen LogP) is 5.31. The van der Waals surface area contributed by atoms with E-state index in [0.717, 1.165) is 34.3 Å². The first kappa shape index (κ1) is 18.7. The fourth-order valence-electron chi connectivity index (χ4n) is 4.41. The number of nitrogens with one attached hydrogen (secondary N) is 2. The minimum atomic E-state index is -0.291. The first-order chi connectivity index (χ1) is 13.2. The molecule has 2 aromatic heterocycles. The smallest absolute Gasteiger partial charge is 0.138 e. The summed E-state index contributed by atoms with van der Waals surface area (Å²) in [6.07, 6.45) is 4.92. The van der Waals surface area contributed by atoms with Crippen molar-refractivity contribution in [3.05, 3.63) is 54.1 Å². The summed E-state index contributed by atoms with van der Waals surface area (Å²) in [6.45, 7) is 8.78. The SMILES string of the molecule is COc1ccc(F)cc1-c1ccnc2[nH]c(C3=CC(C)(C)NC(C)(C)C3)cc12. The maximum atomic E-state index is 13.9. The molecule has 5 heteroatoms. The van der Waals surface area contributed by atoms with Crippen LogP contribution in [0, 0.1) is 5.82 Å². The van der Waals surface area contributed by atoms with Crippen molar-refractivity contribution >= 4 is 16.6 Å². The molecule has 0 amide bonds. The van der Waals surface area contributed by atoms with Gasteiger partial charge in [0, 0.05) is 33.9 Å². The van der Waals surface area contributed by atoms with E-state index in [1.54, 1.807) is 19.4 Å². The van der Waals surface area contributed by atoms with Gasteiger partial charge in [-0.25, -0.2) is 9.37 Å². The van der Waals surface area contributed by atoms with Crippen molar-refractivity contribution in [1.82, 2.24) is 15.3 Å². The van der Waals surface area contributed by atoms with Crippen molar-refractivity contribution < 1.29 is 9.13 Å². The number of ether oxygens (including phenoxy) is 1. The number of hydrogen-bond acceptors (Lipinski definition) is 3. The van der Waals surface area contributed by atoms with Crippen LogP contribution in [0.2, 0.25) is 0 Å². The Balaban J connectivity index is 1.87. The zero-order valence-electron chi connectivity index (χ0n) is 17.0. The number of aromatic amines is 1. The van der Waals surface area contributed by atoms with E-state index >= 15 is 0 Å². The number of fused-ring (bicyclic) bond motifs is 1. The number of aromatic nitrogens is 2. The normalized spacial score (nSPS) is 18.1. The third kappa shape index (κ3) is 3.42. The molecule has 28 heavy (non-hydrogen) atoms. The first-order valence-electron chi connectivity index (χ1n) is 9.51. The number of rotatable bonds is 3. The Kier molecular flexibility index (Phi) is 4.31. The third-order valence-corrected chi connectivity index (χ3v) is 5.16. The van der Waals surface area contributed by atoms with Gasteiger partial charge in [-0.2, -0.15) is 0 Å². The lowest BCUT2D eigenvalue weighted by molar-refractivity contribution is 0.297. The highest BCUT2D eigenvalue weighted by molar-refractivity contribution is 5.96. The van der Waals surface area contributed by atoms with Crippen molar-refractivity contribution in [3.63, 3.8) is 0 Å². The van der Waals surface area contributed by atoms with Gasteiger partial charge >= 0.3 is 0 Å². The largest absolute Gasteiger partial charge is 0.496 e. The topological polar surface area (TPSA) is 49.9 Å². The molecule has 0 radical (unpaired) electrons. The highest BCUT2D eigenvalue weighted by Crippen LogP contribution is 2.38. The molecule has 4 nitrogen and oxygen atoms in total. The van der Waals surface area contributed by atoms with Gasteiger partial charge in [0.15, 0.2) is 0 Å². The molecular formula is C23H26FN3O. The van der Waals surface area contributed by atoms with Crippen LogP contribution in [-0.2, 0) is 0 Å². The summed E-state index contributed by atoms with van der Waals surface area (Å²) in [5.74, 6) is 0.348. The van der Waals surface area contributed by atoms with Crippen LogP contribution in [0.4, 0.5) is 4.39 Å². The Bertz CT molecular complexity index is 1080. The van der Waals surface area contributed by atoms with Crippen LogP contribution in [0.1, 0.15) is 39.8 Å². The summed E-state index contributed by atoms with van der Waals surface area (Å²) in [4.78, 5) is 7.96. The van der Waals surface area contributed by atoms with Gasteiger partial charge in [-0.1, -0.05) is 6.08 Å². The van der Waals surface area contributed by atoms with Gasteiger partial charge in [-0.05, 0) is 75.6 Å². The van der Waals surface area contributed by atoms with E-state index in [1.165, 1.54) is 17.7 Å². The van der Waals surface area contributed by atoms with Crippen LogP contribution in [0.3, 0.4) is 0 Å². The van der Waals surface area contributed by atoms with E-state index in [0.29, 0.717) is 5.75 Å². The minimum Gasteiger partial charge on any atom is -0.496 e. The second kappa shape index (κ2) is 6.45. The van der Waals surface area contributed by atoms with Crippen molar-refractivity contribution in [2.24, 2.45) is 0 Å². The third-order valence-electron chi connectivity index (χ3n) is 5.16. The number of hydrogen-bond donors (Lipinski definition) is 2. The van der Waals surface area contributed by atoms with Crippen molar-refractivity contribution in [1.29, 1.82) is 0 Å². The summed E-state index contributed by atoms with van der Waals surface area (Å²) in [5.41, 5.74) is 4.60. The van der Waals surface area contributed by atoms with Gasteiger partial charge in [0.05, 0.1) is 7.11 Å². The molecule has 1 aliphatic heterocycles. The maximum Gasteiger partial charge on any atom is 0.138 e. The van der Waals surface area contributed by atoms with Crippen LogP contribution in [0.25, 0.3) is 27.7 Å². The second-order valence-electron chi connectivity index (χ2n) is 8.73. The highest BCUT2D eigenvalue weighted by atomic mass is 19.1. The number of halogens is 1. The van der Waals surface area contributed by atoms with Crippen LogP contribution in [0.15, 0.2) is 42.6 Å². The summed E-state index contributed by atoms with van der Waals surface area (Å²) in [7, 11) is 1.60. The lowest BCUT2D eigenvalue weighted by atomic mass is 9.82. The lowest BCUT2D eigenvalue weighted by Crippen LogP contribution is -2.53. The average molecular weight is 379 g/mol. The summed E-state index contributed by atoms with van der Waals surface area (Å²) in [6, 6.07) is 8.60. The van der Waals surface area contributed by atoms with Crippen molar-refractivity contribution in [2.45, 2.75) is 45.2 Å². The van der Waals surface area contributed by atoms with E-state index in [9.17, 15) is 4.39 Å². The minimum absolute atomic E-state index is 0.00703. The Morgan fingerprint density at radius 2 is 1.86 bits per heavy atom. The fourth-order valence-corrected chi connectivity index (χ4v) is 4.41. The molecule has 1 aliphatic rings. The van der Waals surface area contributed by atoms with Crippen molar-refractivity contribution in [3.8, 4) is 16.9 Å². The van der Waals surface area contributed by atoms with Crippen LogP contribution in [0.5, 0.6) is 5.75 Å². The summed E-state index contributed by atoms with van der Waals surface area (Å²) >= 11 is 0. The van der Waals surface area contributed by atoms with E-state index in [-0.39, 0.29) is 16.9 Å². The molecule has 3 aromatic rings. The summed E-state index contributed by atoms with van der Waals surface area (Å²) < 4.78 is 19.4. The molecule has 0 atom stereocenters. The van der Waals surface area contributed by atoms with E-state index < -0.39 is 0 Å². The predicted molar refractivity (Wildman–Crippen MR) is 112 cm³/mol. The second-order valence-corrected chi connectivity index (χ2v) is 8.73. The van der Waals surface area contributed by atoms with Crippen LogP contribution in [-0.4, -0.2) is 28.2 Å². The standard InChI is InChI=1S/C23H26FN3O/c1-22(2)12-14(13-23(3,4)27-22)19-11-18-16(8-9-25-21(18)26-19)17-10-15(24)6-7-20(17)28-5/h6-12,27H,13H2,1-5H3,(H,25,26). The zero-order valence-corrected chi connectivity index (χ0v) is 17.0. The zero-order chi connectivity index (χ0) is 20.1. The average Bonchev–Trinajstić information content (AvgIpc) is 3.03. The van der Waals surface area contributed by atoms with Crippen LogP contribution >= 0.6 is 0 Å². The molecule has 4 rings (SSSR count). The number of H-pyrrole nitrogens is 1. The molecule has 1 aromatic carbocycles. The molecular weight excluding hydrogens is 353 g/mol. The first-order valence-corrected chi connectivity index (χ1v) is 9.51. The van der Waals surface area contributed by atoms with Gasteiger partial charge in [-0.15, -0.1) is 0 Å². The molecule has 2 N–H and O–H groups in total. The van der Waals surface area contributed by atoms with Gasteiger partial charge in [-0.3, -0.25) is 0 Å². The Morgan fingerprint density at radius 1 is 1.07 bits per heavy atom. The van der Waals surface area contributed by atoms with E-state index in [4.69, 9.17) is 4.74 Å². The molecule has 3 heterocycles. The molecule has 0 saturated heterocycles. The molecule has 0 saturated carbocycles. The molecule has 0 unspecified atom stereocenters. The monoisotopic (exact) mass is 379 g/mol. The van der Waals surface area contributed by atoms with Gasteiger partial charge in [0.1, 0.15) is 17.2 Å². The van der Waals surface area contributed by atoms with Crippen molar-refractivity contribution in [2.75, 3.05) is 7.11 Å². The molecule has 0 bridgehead atoms. The molecule has 0 aliphatic carbocycles. The summed E-state index contributed by atoms with van der Waals surface area (Å²) in [5, 5.41) is 4.61. The molecule has 0 fully saturated rings. The Morgan fingerprint density at radius 3 is 2.57 bits per heavy atom. The number of pyridine rings is 1. The Hall–Kier alpha value is -2.66.